The molecule has 5 rings (SSSR count). The van der Waals surface area contributed by atoms with Crippen molar-refractivity contribution in [1.82, 2.24) is 9.66 Å². The molecule has 0 unspecified atom stereocenters. The zero-order valence-electron chi connectivity index (χ0n) is 17.2. The van der Waals surface area contributed by atoms with E-state index in [1.54, 1.807) is 48.7 Å². The van der Waals surface area contributed by atoms with Gasteiger partial charge in [0.15, 0.2) is 5.76 Å². The molecule has 0 aliphatic heterocycles. The summed E-state index contributed by atoms with van der Waals surface area (Å²) < 4.78 is 12.8. The molecule has 0 aliphatic carbocycles. The first-order valence-electron chi connectivity index (χ1n) is 10.1. The third-order valence-corrected chi connectivity index (χ3v) is 5.18. The van der Waals surface area contributed by atoms with E-state index in [-0.39, 0.29) is 5.56 Å². The van der Waals surface area contributed by atoms with Gasteiger partial charge in [0.1, 0.15) is 11.3 Å². The number of rotatable bonds is 5. The molecule has 2 heterocycles. The molecule has 0 saturated carbocycles. The molecule has 0 saturated heterocycles. The van der Waals surface area contributed by atoms with Crippen LogP contribution in [-0.4, -0.2) is 22.5 Å². The van der Waals surface area contributed by atoms with Crippen molar-refractivity contribution in [2.24, 2.45) is 5.10 Å². The number of benzene rings is 3. The van der Waals surface area contributed by atoms with E-state index in [1.165, 1.54) is 4.68 Å². The zero-order chi connectivity index (χ0) is 22.1. The fraction of sp³-hybridized carbons (Fsp3) is 0.0800. The zero-order valence-corrected chi connectivity index (χ0v) is 17.9. The van der Waals surface area contributed by atoms with Crippen molar-refractivity contribution < 1.29 is 9.15 Å². The fourth-order valence-corrected chi connectivity index (χ4v) is 3.67. The SMILES string of the molecule is CCOc1cccc(C=Nn2c(-c3cc4cc(Cl)ccc4o3)nc3ccccc3c2=O)c1. The van der Waals surface area contributed by atoms with Crippen LogP contribution in [0.15, 0.2) is 87.1 Å². The minimum atomic E-state index is -0.290. The molecule has 2 aromatic heterocycles. The highest BCUT2D eigenvalue weighted by molar-refractivity contribution is 6.31. The van der Waals surface area contributed by atoms with Crippen LogP contribution in [-0.2, 0) is 0 Å². The molecule has 0 radical (unpaired) electrons. The summed E-state index contributed by atoms with van der Waals surface area (Å²) >= 11 is 6.12. The molecule has 0 spiro atoms. The van der Waals surface area contributed by atoms with Gasteiger partial charge in [0.2, 0.25) is 5.82 Å². The average molecular weight is 444 g/mol. The molecule has 3 aromatic carbocycles. The number of para-hydroxylation sites is 1. The Hall–Kier alpha value is -3.90. The summed E-state index contributed by atoms with van der Waals surface area (Å²) in [6.45, 7) is 2.49. The lowest BCUT2D eigenvalue weighted by Gasteiger charge is -2.07. The van der Waals surface area contributed by atoms with Crippen LogP contribution < -0.4 is 10.3 Å². The Bertz CT molecular complexity index is 1540. The highest BCUT2D eigenvalue weighted by Gasteiger charge is 2.16. The first-order chi connectivity index (χ1) is 15.6. The van der Waals surface area contributed by atoms with Gasteiger partial charge in [-0.25, -0.2) is 4.98 Å². The Labute approximate surface area is 188 Å². The number of halogens is 1. The summed E-state index contributed by atoms with van der Waals surface area (Å²) in [5, 5.41) is 6.35. The molecule has 7 heteroatoms. The van der Waals surface area contributed by atoms with Gasteiger partial charge in [-0.1, -0.05) is 35.9 Å². The maximum Gasteiger partial charge on any atom is 0.282 e. The number of aromatic nitrogens is 2. The summed E-state index contributed by atoms with van der Waals surface area (Å²) in [6.07, 6.45) is 1.60. The van der Waals surface area contributed by atoms with Gasteiger partial charge in [0.25, 0.3) is 5.56 Å². The Kier molecular flexibility index (Phi) is 5.21. The van der Waals surface area contributed by atoms with Crippen LogP contribution in [0.2, 0.25) is 5.02 Å². The van der Waals surface area contributed by atoms with Crippen LogP contribution in [0.1, 0.15) is 12.5 Å². The van der Waals surface area contributed by atoms with E-state index in [1.807, 2.05) is 37.3 Å². The van der Waals surface area contributed by atoms with Crippen molar-refractivity contribution in [3.63, 3.8) is 0 Å². The normalized spacial score (nSPS) is 11.6. The van der Waals surface area contributed by atoms with Crippen molar-refractivity contribution in [2.45, 2.75) is 6.92 Å². The van der Waals surface area contributed by atoms with Crippen molar-refractivity contribution >= 4 is 39.7 Å². The number of furan rings is 1. The predicted molar refractivity (Wildman–Crippen MR) is 127 cm³/mol. The van der Waals surface area contributed by atoms with Crippen LogP contribution >= 0.6 is 11.6 Å². The summed E-state index contributed by atoms with van der Waals surface area (Å²) in [7, 11) is 0. The van der Waals surface area contributed by atoms with Crippen LogP contribution in [0.5, 0.6) is 5.75 Å². The number of nitrogens with zero attached hydrogens (tertiary/aromatic N) is 3. The van der Waals surface area contributed by atoms with Gasteiger partial charge in [-0.2, -0.15) is 9.78 Å². The van der Waals surface area contributed by atoms with Crippen molar-refractivity contribution in [2.75, 3.05) is 6.61 Å². The Morgan fingerprint density at radius 1 is 1.09 bits per heavy atom. The second-order valence-electron chi connectivity index (χ2n) is 7.11. The third-order valence-electron chi connectivity index (χ3n) is 4.94. The van der Waals surface area contributed by atoms with E-state index in [9.17, 15) is 4.79 Å². The van der Waals surface area contributed by atoms with Crippen molar-refractivity contribution in [3.8, 4) is 17.3 Å². The molecular formula is C25H18ClN3O3. The average Bonchev–Trinajstić information content (AvgIpc) is 3.22. The van der Waals surface area contributed by atoms with Gasteiger partial charge in [-0.15, -0.1) is 0 Å². The molecule has 158 valence electrons. The smallest absolute Gasteiger partial charge is 0.282 e. The second-order valence-corrected chi connectivity index (χ2v) is 7.55. The largest absolute Gasteiger partial charge is 0.494 e. The van der Waals surface area contributed by atoms with Gasteiger partial charge >= 0.3 is 0 Å². The van der Waals surface area contributed by atoms with Crippen molar-refractivity contribution in [1.29, 1.82) is 0 Å². The Morgan fingerprint density at radius 3 is 2.84 bits per heavy atom. The summed E-state index contributed by atoms with van der Waals surface area (Å²) in [4.78, 5) is 18.0. The monoisotopic (exact) mass is 443 g/mol. The number of ether oxygens (including phenoxy) is 1. The van der Waals surface area contributed by atoms with Crippen molar-refractivity contribution in [3.05, 3.63) is 93.7 Å². The molecule has 0 bridgehead atoms. The van der Waals surface area contributed by atoms with E-state index in [0.717, 1.165) is 16.7 Å². The third kappa shape index (κ3) is 3.76. The van der Waals surface area contributed by atoms with Gasteiger partial charge in [-0.05, 0) is 61.0 Å². The molecule has 0 amide bonds. The van der Waals surface area contributed by atoms with Crippen LogP contribution in [0.3, 0.4) is 0 Å². The molecule has 6 nitrogen and oxygen atoms in total. The summed E-state index contributed by atoms with van der Waals surface area (Å²) in [5.41, 5.74) is 1.71. The van der Waals surface area contributed by atoms with Gasteiger partial charge in [-0.3, -0.25) is 4.79 Å². The Morgan fingerprint density at radius 2 is 1.97 bits per heavy atom. The van der Waals surface area contributed by atoms with Crippen LogP contribution in [0.25, 0.3) is 33.5 Å². The van der Waals surface area contributed by atoms with E-state index in [0.29, 0.717) is 39.7 Å². The molecule has 0 N–H and O–H groups in total. The summed E-state index contributed by atoms with van der Waals surface area (Å²) in [5.74, 6) is 1.46. The standard InChI is InChI=1S/C25H18ClN3O3/c1-2-31-19-7-5-6-16(12-19)15-27-29-24(28-21-9-4-3-8-20(21)25(29)30)23-14-17-13-18(26)10-11-22(17)32-23/h3-15H,2H2,1H3. The van der Waals surface area contributed by atoms with Crippen LogP contribution in [0, 0.1) is 0 Å². The molecule has 5 aromatic rings. The first-order valence-corrected chi connectivity index (χ1v) is 10.5. The van der Waals surface area contributed by atoms with E-state index in [2.05, 4.69) is 10.1 Å². The predicted octanol–water partition coefficient (Wildman–Crippen LogP) is 5.74. The van der Waals surface area contributed by atoms with Crippen LogP contribution in [0.4, 0.5) is 0 Å². The Balaban J connectivity index is 1.69. The number of fused-ring (bicyclic) bond motifs is 2. The highest BCUT2D eigenvalue weighted by Crippen LogP contribution is 2.29. The quantitative estimate of drug-likeness (QED) is 0.324. The maximum absolute atomic E-state index is 13.3. The molecule has 0 fully saturated rings. The molecular weight excluding hydrogens is 426 g/mol. The fourth-order valence-electron chi connectivity index (χ4n) is 3.49. The summed E-state index contributed by atoms with van der Waals surface area (Å²) in [6, 6.07) is 21.8. The lowest BCUT2D eigenvalue weighted by atomic mass is 10.2. The van der Waals surface area contributed by atoms with E-state index < -0.39 is 0 Å². The topological polar surface area (TPSA) is 69.6 Å². The minimum absolute atomic E-state index is 0.290. The lowest BCUT2D eigenvalue weighted by molar-refractivity contribution is 0.340. The highest BCUT2D eigenvalue weighted by atomic mass is 35.5. The van der Waals surface area contributed by atoms with Gasteiger partial charge in [0, 0.05) is 10.4 Å². The lowest BCUT2D eigenvalue weighted by Crippen LogP contribution is -2.20. The van der Waals surface area contributed by atoms with E-state index >= 15 is 0 Å². The first kappa shape index (κ1) is 20.0. The van der Waals surface area contributed by atoms with E-state index in [4.69, 9.17) is 20.8 Å². The number of hydrogen-bond acceptors (Lipinski definition) is 5. The number of hydrogen-bond donors (Lipinski definition) is 0. The van der Waals surface area contributed by atoms with Gasteiger partial charge < -0.3 is 9.15 Å². The minimum Gasteiger partial charge on any atom is -0.494 e. The second kappa shape index (κ2) is 8.32. The van der Waals surface area contributed by atoms with Gasteiger partial charge in [0.05, 0.1) is 23.7 Å². The molecule has 0 atom stereocenters. The maximum atomic E-state index is 13.3. The molecule has 32 heavy (non-hydrogen) atoms. The molecule has 0 aliphatic rings.